The number of rotatable bonds is 2. The van der Waals surface area contributed by atoms with Gasteiger partial charge in [0.15, 0.2) is 0 Å². The molecule has 0 fully saturated rings. The molecule has 4 nitrogen and oxygen atoms in total. The molecule has 0 bridgehead atoms. The van der Waals surface area contributed by atoms with Gasteiger partial charge in [-0.2, -0.15) is 0 Å². The van der Waals surface area contributed by atoms with Gasteiger partial charge in [-0.25, -0.2) is 10.4 Å². The third kappa shape index (κ3) is 1.94. The van der Waals surface area contributed by atoms with E-state index < -0.39 is 0 Å². The normalized spacial score (nSPS) is 19.7. The lowest BCUT2D eigenvalue weighted by atomic mass is 10.1. The van der Waals surface area contributed by atoms with E-state index in [1.807, 2.05) is 24.2 Å². The number of hydrazine groups is 1. The van der Waals surface area contributed by atoms with E-state index in [1.54, 1.807) is 13.4 Å². The van der Waals surface area contributed by atoms with Crippen LogP contribution in [0.25, 0.3) is 0 Å². The molecule has 0 saturated heterocycles. The molecule has 15 heavy (non-hydrogen) atoms. The summed E-state index contributed by atoms with van der Waals surface area (Å²) < 4.78 is 5.32. The molecule has 1 aliphatic heterocycles. The first-order valence-corrected chi connectivity index (χ1v) is 4.87. The van der Waals surface area contributed by atoms with E-state index in [4.69, 9.17) is 4.74 Å². The van der Waals surface area contributed by atoms with Crippen LogP contribution in [0.15, 0.2) is 23.2 Å². The molecule has 0 aromatic heterocycles. The van der Waals surface area contributed by atoms with Crippen molar-refractivity contribution in [2.75, 3.05) is 14.2 Å². The Hall–Kier alpha value is -1.55. The molecule has 1 N–H and O–H groups in total. The molecule has 1 unspecified atom stereocenters. The minimum Gasteiger partial charge on any atom is -0.496 e. The molecule has 0 saturated carbocycles. The highest BCUT2D eigenvalue weighted by molar-refractivity contribution is 5.57. The molecule has 0 aliphatic carbocycles. The summed E-state index contributed by atoms with van der Waals surface area (Å²) in [4.78, 5) is 4.35. The van der Waals surface area contributed by atoms with Crippen molar-refractivity contribution in [2.24, 2.45) is 4.99 Å². The first kappa shape index (κ1) is 9.98. The summed E-state index contributed by atoms with van der Waals surface area (Å²) in [5, 5.41) is 1.84. The van der Waals surface area contributed by atoms with Crippen LogP contribution in [0.4, 0.5) is 0 Å². The van der Waals surface area contributed by atoms with Gasteiger partial charge in [0.2, 0.25) is 0 Å². The van der Waals surface area contributed by atoms with Gasteiger partial charge < -0.3 is 4.74 Å². The maximum atomic E-state index is 5.32. The summed E-state index contributed by atoms with van der Waals surface area (Å²) in [7, 11) is 3.60. The Kier molecular flexibility index (Phi) is 2.60. The minimum atomic E-state index is -0.0372. The number of ether oxygens (including phenoxy) is 1. The summed E-state index contributed by atoms with van der Waals surface area (Å²) in [5.74, 6) is 0.866. The predicted molar refractivity (Wildman–Crippen MR) is 59.9 cm³/mol. The van der Waals surface area contributed by atoms with Gasteiger partial charge >= 0.3 is 0 Å². The van der Waals surface area contributed by atoms with E-state index in [1.165, 1.54) is 5.56 Å². The summed E-state index contributed by atoms with van der Waals surface area (Å²) >= 11 is 0. The van der Waals surface area contributed by atoms with Crippen LogP contribution in [0.2, 0.25) is 0 Å². The van der Waals surface area contributed by atoms with Crippen molar-refractivity contribution in [3.63, 3.8) is 0 Å². The number of nitrogens with one attached hydrogen (secondary N) is 1. The van der Waals surface area contributed by atoms with Crippen molar-refractivity contribution in [2.45, 2.75) is 13.1 Å². The van der Waals surface area contributed by atoms with Gasteiger partial charge in [-0.05, 0) is 19.1 Å². The topological polar surface area (TPSA) is 36.9 Å². The standard InChI is InChI=1S/C11H15N3O/c1-8-4-5-10(15-3)9(6-8)11-12-7-14(2)13-11/h4-7,11,13H,1-3H3. The Balaban J connectivity index is 2.34. The van der Waals surface area contributed by atoms with Crippen LogP contribution >= 0.6 is 0 Å². The van der Waals surface area contributed by atoms with Gasteiger partial charge in [-0.1, -0.05) is 11.6 Å². The average molecular weight is 205 g/mol. The quantitative estimate of drug-likeness (QED) is 0.794. The highest BCUT2D eigenvalue weighted by Gasteiger charge is 2.19. The van der Waals surface area contributed by atoms with Crippen molar-refractivity contribution in [3.05, 3.63) is 29.3 Å². The van der Waals surface area contributed by atoms with Crippen molar-refractivity contribution >= 4 is 6.34 Å². The third-order valence-corrected chi connectivity index (χ3v) is 2.39. The summed E-state index contributed by atoms with van der Waals surface area (Å²) in [6.07, 6.45) is 1.73. The lowest BCUT2D eigenvalue weighted by molar-refractivity contribution is 0.346. The summed E-state index contributed by atoms with van der Waals surface area (Å²) in [6.45, 7) is 2.06. The Labute approximate surface area is 89.5 Å². The lowest BCUT2D eigenvalue weighted by Crippen LogP contribution is -2.29. The fourth-order valence-corrected chi connectivity index (χ4v) is 1.64. The number of nitrogens with zero attached hydrogens (tertiary/aromatic N) is 2. The fourth-order valence-electron chi connectivity index (χ4n) is 1.64. The maximum absolute atomic E-state index is 5.32. The van der Waals surface area contributed by atoms with Crippen LogP contribution in [0.3, 0.4) is 0 Å². The van der Waals surface area contributed by atoms with E-state index in [9.17, 15) is 0 Å². The van der Waals surface area contributed by atoms with E-state index in [-0.39, 0.29) is 6.17 Å². The van der Waals surface area contributed by atoms with E-state index in [2.05, 4.69) is 23.4 Å². The number of hydrogen-bond acceptors (Lipinski definition) is 4. The van der Waals surface area contributed by atoms with Gasteiger partial charge in [0, 0.05) is 12.6 Å². The number of benzene rings is 1. The molecule has 0 radical (unpaired) electrons. The van der Waals surface area contributed by atoms with Crippen molar-refractivity contribution in [1.29, 1.82) is 0 Å². The Bertz CT molecular complexity index is 389. The monoisotopic (exact) mass is 205 g/mol. The van der Waals surface area contributed by atoms with Crippen LogP contribution in [0, 0.1) is 6.92 Å². The minimum absolute atomic E-state index is 0.0372. The molecule has 0 spiro atoms. The smallest absolute Gasteiger partial charge is 0.147 e. The third-order valence-electron chi connectivity index (χ3n) is 2.39. The van der Waals surface area contributed by atoms with Gasteiger partial charge in [0.05, 0.1) is 7.11 Å². The zero-order valence-electron chi connectivity index (χ0n) is 9.19. The van der Waals surface area contributed by atoms with Crippen LogP contribution < -0.4 is 10.2 Å². The predicted octanol–water partition coefficient (Wildman–Crippen LogP) is 1.48. The average Bonchev–Trinajstić information content (AvgIpc) is 2.65. The molecule has 1 heterocycles. The molecule has 1 aliphatic rings. The van der Waals surface area contributed by atoms with Gasteiger partial charge in [-0.15, -0.1) is 0 Å². The highest BCUT2D eigenvalue weighted by Crippen LogP contribution is 2.28. The van der Waals surface area contributed by atoms with Gasteiger partial charge in [0.25, 0.3) is 0 Å². The molecular weight excluding hydrogens is 190 g/mol. The molecule has 1 atom stereocenters. The van der Waals surface area contributed by atoms with E-state index in [0.717, 1.165) is 11.3 Å². The van der Waals surface area contributed by atoms with Crippen LogP contribution in [0.1, 0.15) is 17.3 Å². The second-order valence-corrected chi connectivity index (χ2v) is 3.65. The first-order chi connectivity index (χ1) is 7.20. The number of methoxy groups -OCH3 is 1. The number of aryl methyl sites for hydroxylation is 1. The van der Waals surface area contributed by atoms with Crippen molar-refractivity contribution < 1.29 is 4.74 Å². The maximum Gasteiger partial charge on any atom is 0.147 e. The van der Waals surface area contributed by atoms with Gasteiger partial charge in [0.1, 0.15) is 18.3 Å². The van der Waals surface area contributed by atoms with Crippen molar-refractivity contribution in [3.8, 4) is 5.75 Å². The van der Waals surface area contributed by atoms with Crippen LogP contribution in [-0.4, -0.2) is 25.5 Å². The first-order valence-electron chi connectivity index (χ1n) is 4.87. The molecule has 0 amide bonds. The molecule has 2 rings (SSSR count). The highest BCUT2D eigenvalue weighted by atomic mass is 16.5. The Morgan fingerprint density at radius 2 is 2.27 bits per heavy atom. The largest absolute Gasteiger partial charge is 0.496 e. The number of hydrogen-bond donors (Lipinski definition) is 1. The lowest BCUT2D eigenvalue weighted by Gasteiger charge is -2.16. The van der Waals surface area contributed by atoms with E-state index in [0.29, 0.717) is 0 Å². The van der Waals surface area contributed by atoms with E-state index >= 15 is 0 Å². The zero-order valence-corrected chi connectivity index (χ0v) is 9.19. The SMILES string of the molecule is COc1ccc(C)cc1C1N=CN(C)N1. The molecule has 1 aromatic rings. The summed E-state index contributed by atoms with van der Waals surface area (Å²) in [6, 6.07) is 6.10. The van der Waals surface area contributed by atoms with Crippen LogP contribution in [0.5, 0.6) is 5.75 Å². The Morgan fingerprint density at radius 3 is 2.87 bits per heavy atom. The number of aliphatic imine (C=N–C) groups is 1. The molecule has 4 heteroatoms. The molecule has 1 aromatic carbocycles. The van der Waals surface area contributed by atoms with Gasteiger partial charge in [-0.3, -0.25) is 5.01 Å². The molecule has 80 valence electrons. The molecular formula is C11H15N3O. The Morgan fingerprint density at radius 1 is 1.47 bits per heavy atom. The fraction of sp³-hybridized carbons (Fsp3) is 0.364. The second-order valence-electron chi connectivity index (χ2n) is 3.65. The van der Waals surface area contributed by atoms with Crippen LogP contribution in [-0.2, 0) is 0 Å². The second kappa shape index (κ2) is 3.90. The zero-order chi connectivity index (χ0) is 10.8. The van der Waals surface area contributed by atoms with Crippen molar-refractivity contribution in [1.82, 2.24) is 10.4 Å². The summed E-state index contributed by atoms with van der Waals surface area (Å²) in [5.41, 5.74) is 5.48.